The van der Waals surface area contributed by atoms with Gasteiger partial charge in [0.1, 0.15) is 5.69 Å². The molecule has 1 N–H and O–H groups in total. The Morgan fingerprint density at radius 3 is 2.88 bits per heavy atom. The summed E-state index contributed by atoms with van der Waals surface area (Å²) in [4.78, 5) is 14.0. The zero-order chi connectivity index (χ0) is 12.6. The van der Waals surface area contributed by atoms with Crippen LogP contribution in [-0.4, -0.2) is 44.4 Å². The van der Waals surface area contributed by atoms with E-state index in [0.717, 1.165) is 5.69 Å². The molecule has 1 aromatic rings. The van der Waals surface area contributed by atoms with Gasteiger partial charge < -0.3 is 10.0 Å². The number of carbonyl (C=O) groups excluding carboxylic acids is 1. The Kier molecular flexibility index (Phi) is 2.95. The maximum absolute atomic E-state index is 12.3. The highest BCUT2D eigenvalue weighted by molar-refractivity contribution is 5.93. The van der Waals surface area contributed by atoms with Crippen LogP contribution < -0.4 is 0 Å². The lowest BCUT2D eigenvalue weighted by atomic mass is 10.1. The number of aryl methyl sites for hydroxylation is 2. The largest absolute Gasteiger partial charge is 0.388 e. The van der Waals surface area contributed by atoms with E-state index in [9.17, 15) is 9.90 Å². The highest BCUT2D eigenvalue weighted by atomic mass is 16.3. The van der Waals surface area contributed by atoms with Gasteiger partial charge in [0.05, 0.1) is 11.3 Å². The summed E-state index contributed by atoms with van der Waals surface area (Å²) in [7, 11) is 0. The first kappa shape index (κ1) is 12.1. The first-order chi connectivity index (χ1) is 7.93. The molecule has 2 heterocycles. The van der Waals surface area contributed by atoms with Crippen LogP contribution in [0.1, 0.15) is 36.5 Å². The summed E-state index contributed by atoms with van der Waals surface area (Å²) in [6, 6.07) is 1.80. The Balaban J connectivity index is 2.20. The summed E-state index contributed by atoms with van der Waals surface area (Å²) < 4.78 is 1.71. The molecule has 1 aliphatic rings. The fraction of sp³-hybridized carbons (Fsp3) is 0.667. The molecule has 1 aromatic heterocycles. The van der Waals surface area contributed by atoms with Gasteiger partial charge in [-0.05, 0) is 33.3 Å². The van der Waals surface area contributed by atoms with Crippen molar-refractivity contribution in [3.8, 4) is 0 Å². The monoisotopic (exact) mass is 237 g/mol. The smallest absolute Gasteiger partial charge is 0.272 e. The van der Waals surface area contributed by atoms with Gasteiger partial charge in [-0.3, -0.25) is 9.48 Å². The number of nitrogens with zero attached hydrogens (tertiary/aromatic N) is 3. The van der Waals surface area contributed by atoms with Gasteiger partial charge in [0.25, 0.3) is 5.91 Å². The molecule has 1 atom stereocenters. The van der Waals surface area contributed by atoms with Crippen molar-refractivity contribution in [2.24, 2.45) is 0 Å². The Labute approximate surface area is 101 Å². The van der Waals surface area contributed by atoms with E-state index in [1.807, 2.05) is 13.8 Å². The van der Waals surface area contributed by atoms with Crippen LogP contribution in [0, 0.1) is 6.92 Å². The Bertz CT molecular complexity index is 437. The van der Waals surface area contributed by atoms with Gasteiger partial charge in [-0.25, -0.2) is 0 Å². The van der Waals surface area contributed by atoms with Crippen LogP contribution in [0.3, 0.4) is 0 Å². The molecule has 0 bridgehead atoms. The molecule has 0 radical (unpaired) electrons. The summed E-state index contributed by atoms with van der Waals surface area (Å²) in [5.41, 5.74) is 0.714. The van der Waals surface area contributed by atoms with Gasteiger partial charge >= 0.3 is 0 Å². The number of likely N-dealkylation sites (tertiary alicyclic amines) is 1. The lowest BCUT2D eigenvalue weighted by molar-refractivity contribution is 0.0565. The number of hydrogen-bond acceptors (Lipinski definition) is 3. The average Bonchev–Trinajstić information content (AvgIpc) is 2.80. The van der Waals surface area contributed by atoms with Crippen molar-refractivity contribution in [2.75, 3.05) is 13.1 Å². The van der Waals surface area contributed by atoms with Crippen molar-refractivity contribution in [2.45, 2.75) is 39.3 Å². The molecule has 1 fully saturated rings. The molecule has 0 aromatic carbocycles. The third kappa shape index (κ3) is 2.34. The van der Waals surface area contributed by atoms with E-state index in [0.29, 0.717) is 31.7 Å². The van der Waals surface area contributed by atoms with Crippen molar-refractivity contribution in [3.63, 3.8) is 0 Å². The predicted molar refractivity (Wildman–Crippen MR) is 63.8 cm³/mol. The van der Waals surface area contributed by atoms with Crippen LogP contribution in [0.25, 0.3) is 0 Å². The van der Waals surface area contributed by atoms with Crippen molar-refractivity contribution in [3.05, 3.63) is 17.5 Å². The van der Waals surface area contributed by atoms with Gasteiger partial charge in [-0.1, -0.05) is 0 Å². The van der Waals surface area contributed by atoms with E-state index >= 15 is 0 Å². The fourth-order valence-electron chi connectivity index (χ4n) is 2.24. The number of rotatable bonds is 2. The van der Waals surface area contributed by atoms with Crippen LogP contribution in [0.5, 0.6) is 0 Å². The average molecular weight is 237 g/mol. The third-order valence-electron chi connectivity index (χ3n) is 3.16. The number of hydrogen-bond donors (Lipinski definition) is 1. The second-order valence-corrected chi connectivity index (χ2v) is 4.96. The Morgan fingerprint density at radius 2 is 2.35 bits per heavy atom. The molecular formula is C12H19N3O2. The number of β-amino-alcohol motifs (C(OH)–C–C–N with tert-alkyl or cyclic N) is 1. The minimum absolute atomic E-state index is 0.0368. The quantitative estimate of drug-likeness (QED) is 0.828. The molecule has 1 amide bonds. The molecule has 0 saturated carbocycles. The number of carbonyl (C=O) groups is 1. The standard InChI is InChI=1S/C12H19N3O2/c1-4-15-10(7-9(2)13-15)11(16)14-6-5-12(3,17)8-14/h7,17H,4-6,8H2,1-3H3. The van der Waals surface area contributed by atoms with Crippen LogP contribution in [0.15, 0.2) is 6.07 Å². The van der Waals surface area contributed by atoms with Crippen LogP contribution in [0.4, 0.5) is 0 Å². The summed E-state index contributed by atoms with van der Waals surface area (Å²) in [5, 5.41) is 14.1. The molecule has 0 aliphatic carbocycles. The number of aliphatic hydroxyl groups is 1. The zero-order valence-electron chi connectivity index (χ0n) is 10.6. The zero-order valence-corrected chi connectivity index (χ0v) is 10.6. The van der Waals surface area contributed by atoms with E-state index in [2.05, 4.69) is 5.10 Å². The Hall–Kier alpha value is -1.36. The van der Waals surface area contributed by atoms with Gasteiger partial charge in [-0.15, -0.1) is 0 Å². The fourth-order valence-corrected chi connectivity index (χ4v) is 2.24. The van der Waals surface area contributed by atoms with Crippen molar-refractivity contribution >= 4 is 5.91 Å². The molecule has 0 spiro atoms. The number of aromatic nitrogens is 2. The van der Waals surface area contributed by atoms with Crippen LogP contribution >= 0.6 is 0 Å². The van der Waals surface area contributed by atoms with Crippen molar-refractivity contribution in [1.82, 2.24) is 14.7 Å². The Morgan fingerprint density at radius 1 is 1.65 bits per heavy atom. The van der Waals surface area contributed by atoms with E-state index in [1.54, 1.807) is 22.6 Å². The maximum atomic E-state index is 12.3. The lowest BCUT2D eigenvalue weighted by Crippen LogP contribution is -2.35. The molecule has 5 nitrogen and oxygen atoms in total. The topological polar surface area (TPSA) is 58.4 Å². The summed E-state index contributed by atoms with van der Waals surface area (Å²) in [6.45, 7) is 7.30. The van der Waals surface area contributed by atoms with E-state index in [1.165, 1.54) is 0 Å². The van der Waals surface area contributed by atoms with Crippen molar-refractivity contribution < 1.29 is 9.90 Å². The highest BCUT2D eigenvalue weighted by Crippen LogP contribution is 2.22. The molecule has 1 unspecified atom stereocenters. The SMILES string of the molecule is CCn1nc(C)cc1C(=O)N1CCC(C)(O)C1. The molecule has 94 valence electrons. The molecule has 1 saturated heterocycles. The van der Waals surface area contributed by atoms with Crippen molar-refractivity contribution in [1.29, 1.82) is 0 Å². The molecule has 2 rings (SSSR count). The van der Waals surface area contributed by atoms with Gasteiger partial charge in [-0.2, -0.15) is 5.10 Å². The summed E-state index contributed by atoms with van der Waals surface area (Å²) in [5.74, 6) is -0.0368. The second-order valence-electron chi connectivity index (χ2n) is 4.96. The maximum Gasteiger partial charge on any atom is 0.272 e. The third-order valence-corrected chi connectivity index (χ3v) is 3.16. The lowest BCUT2D eigenvalue weighted by Gasteiger charge is -2.19. The molecule has 5 heteroatoms. The van der Waals surface area contributed by atoms with E-state index < -0.39 is 5.60 Å². The highest BCUT2D eigenvalue weighted by Gasteiger charge is 2.35. The van der Waals surface area contributed by atoms with Gasteiger partial charge in [0.2, 0.25) is 0 Å². The predicted octanol–water partition coefficient (Wildman–Crippen LogP) is 0.808. The normalized spacial score (nSPS) is 24.4. The molecular weight excluding hydrogens is 218 g/mol. The minimum atomic E-state index is -0.748. The van der Waals surface area contributed by atoms with E-state index in [4.69, 9.17) is 0 Å². The first-order valence-electron chi connectivity index (χ1n) is 5.99. The number of amides is 1. The summed E-state index contributed by atoms with van der Waals surface area (Å²) in [6.07, 6.45) is 0.637. The van der Waals surface area contributed by atoms with Gasteiger partial charge in [0.15, 0.2) is 0 Å². The second kappa shape index (κ2) is 4.14. The van der Waals surface area contributed by atoms with E-state index in [-0.39, 0.29) is 5.91 Å². The summed E-state index contributed by atoms with van der Waals surface area (Å²) >= 11 is 0. The van der Waals surface area contributed by atoms with Crippen LogP contribution in [0.2, 0.25) is 0 Å². The van der Waals surface area contributed by atoms with Gasteiger partial charge in [0, 0.05) is 19.6 Å². The molecule has 17 heavy (non-hydrogen) atoms. The minimum Gasteiger partial charge on any atom is -0.388 e. The van der Waals surface area contributed by atoms with Crippen LogP contribution in [-0.2, 0) is 6.54 Å². The molecule has 1 aliphatic heterocycles. The first-order valence-corrected chi connectivity index (χ1v) is 5.99.